The van der Waals surface area contributed by atoms with E-state index in [1.807, 2.05) is 0 Å². The molecule has 0 saturated heterocycles. The molecule has 2 aromatic rings. The molecule has 98 valence electrons. The van der Waals surface area contributed by atoms with E-state index < -0.39 is 5.97 Å². The number of benzene rings is 1. The Morgan fingerprint density at radius 1 is 1.32 bits per heavy atom. The fourth-order valence-electron chi connectivity index (χ4n) is 1.58. The lowest BCUT2D eigenvalue weighted by Gasteiger charge is -2.03. The largest absolute Gasteiger partial charge is 0.477 e. The maximum absolute atomic E-state index is 12.0. The molecule has 0 fully saturated rings. The number of hydrogen-bond acceptors (Lipinski definition) is 3. The van der Waals surface area contributed by atoms with Gasteiger partial charge in [-0.1, -0.05) is 23.7 Å². The number of carbonyl (C=O) groups excluding carboxylic acids is 1. The Balaban J connectivity index is 2.22. The van der Waals surface area contributed by atoms with E-state index in [4.69, 9.17) is 16.7 Å². The van der Waals surface area contributed by atoms with E-state index in [2.05, 4.69) is 5.32 Å². The van der Waals surface area contributed by atoms with E-state index in [-0.39, 0.29) is 10.8 Å². The Morgan fingerprint density at radius 3 is 2.58 bits per heavy atom. The summed E-state index contributed by atoms with van der Waals surface area (Å²) in [6, 6.07) is 8.30. The van der Waals surface area contributed by atoms with Crippen molar-refractivity contribution >= 4 is 39.8 Å². The van der Waals surface area contributed by atoms with Crippen LogP contribution in [0.4, 0.5) is 5.00 Å². The Labute approximate surface area is 118 Å². The highest BCUT2D eigenvalue weighted by Gasteiger charge is 2.15. The van der Waals surface area contributed by atoms with Crippen LogP contribution >= 0.6 is 22.9 Å². The first-order chi connectivity index (χ1) is 8.99. The van der Waals surface area contributed by atoms with Crippen LogP contribution in [0.3, 0.4) is 0 Å². The van der Waals surface area contributed by atoms with Crippen LogP contribution in [0.5, 0.6) is 0 Å². The van der Waals surface area contributed by atoms with Gasteiger partial charge in [-0.25, -0.2) is 4.79 Å². The standard InChI is InChI=1S/C13H10ClNO3S/c1-7-6-10(19-11(7)13(17)18)15-12(16)8-4-2-3-5-9(8)14/h2-6H,1H3,(H,15,16)(H,17,18). The predicted octanol–water partition coefficient (Wildman–Crippen LogP) is 3.66. The summed E-state index contributed by atoms with van der Waals surface area (Å²) in [5, 5.41) is 12.4. The summed E-state index contributed by atoms with van der Waals surface area (Å²) in [6.07, 6.45) is 0. The van der Waals surface area contributed by atoms with E-state index in [0.29, 0.717) is 21.2 Å². The van der Waals surface area contributed by atoms with E-state index in [9.17, 15) is 9.59 Å². The Hall–Kier alpha value is -1.85. The zero-order valence-corrected chi connectivity index (χ0v) is 11.5. The van der Waals surface area contributed by atoms with Crippen LogP contribution in [0.15, 0.2) is 30.3 Å². The van der Waals surface area contributed by atoms with Gasteiger partial charge in [0.15, 0.2) is 0 Å². The quantitative estimate of drug-likeness (QED) is 0.908. The zero-order chi connectivity index (χ0) is 14.0. The molecule has 0 radical (unpaired) electrons. The highest BCUT2D eigenvalue weighted by Crippen LogP contribution is 2.27. The van der Waals surface area contributed by atoms with Gasteiger partial charge in [0.05, 0.1) is 15.6 Å². The second-order valence-electron chi connectivity index (χ2n) is 3.86. The van der Waals surface area contributed by atoms with Crippen molar-refractivity contribution in [2.75, 3.05) is 5.32 Å². The van der Waals surface area contributed by atoms with Crippen LogP contribution < -0.4 is 5.32 Å². The third-order valence-corrected chi connectivity index (χ3v) is 3.94. The zero-order valence-electron chi connectivity index (χ0n) is 9.94. The topological polar surface area (TPSA) is 66.4 Å². The average Bonchev–Trinajstić information content (AvgIpc) is 2.70. The van der Waals surface area contributed by atoms with Gasteiger partial charge in [0.2, 0.25) is 0 Å². The van der Waals surface area contributed by atoms with Crippen molar-refractivity contribution < 1.29 is 14.7 Å². The van der Waals surface area contributed by atoms with Crippen molar-refractivity contribution in [3.8, 4) is 0 Å². The molecule has 0 spiro atoms. The summed E-state index contributed by atoms with van der Waals surface area (Å²) < 4.78 is 0. The summed E-state index contributed by atoms with van der Waals surface area (Å²) in [5.74, 6) is -1.36. The van der Waals surface area contributed by atoms with Crippen molar-refractivity contribution in [3.63, 3.8) is 0 Å². The van der Waals surface area contributed by atoms with Crippen molar-refractivity contribution in [2.45, 2.75) is 6.92 Å². The number of carboxylic acids is 1. The van der Waals surface area contributed by atoms with Crippen LogP contribution in [0, 0.1) is 6.92 Å². The molecule has 6 heteroatoms. The van der Waals surface area contributed by atoms with Gasteiger partial charge < -0.3 is 10.4 Å². The molecule has 0 bridgehead atoms. The number of amides is 1. The molecule has 1 heterocycles. The highest BCUT2D eigenvalue weighted by molar-refractivity contribution is 7.18. The Morgan fingerprint density at radius 2 is 2.00 bits per heavy atom. The van der Waals surface area contributed by atoms with Gasteiger partial charge in [-0.15, -0.1) is 11.3 Å². The van der Waals surface area contributed by atoms with E-state index in [1.54, 1.807) is 37.3 Å². The van der Waals surface area contributed by atoms with Crippen LogP contribution in [-0.4, -0.2) is 17.0 Å². The molecule has 4 nitrogen and oxygen atoms in total. The number of hydrogen-bond donors (Lipinski definition) is 2. The molecule has 19 heavy (non-hydrogen) atoms. The van der Waals surface area contributed by atoms with Crippen LogP contribution in [0.2, 0.25) is 5.02 Å². The summed E-state index contributed by atoms with van der Waals surface area (Å²) in [5.41, 5.74) is 0.971. The van der Waals surface area contributed by atoms with Gasteiger partial charge >= 0.3 is 5.97 Å². The molecule has 1 aromatic carbocycles. The molecule has 0 atom stereocenters. The summed E-state index contributed by atoms with van der Waals surface area (Å²) in [6.45, 7) is 1.69. The highest BCUT2D eigenvalue weighted by atomic mass is 35.5. The van der Waals surface area contributed by atoms with Gasteiger partial charge in [-0.2, -0.15) is 0 Å². The maximum atomic E-state index is 12.0. The molecule has 0 aliphatic heterocycles. The van der Waals surface area contributed by atoms with E-state index in [1.165, 1.54) is 0 Å². The third-order valence-electron chi connectivity index (χ3n) is 2.47. The van der Waals surface area contributed by atoms with Gasteiger partial charge in [0.1, 0.15) is 4.88 Å². The number of halogens is 1. The lowest BCUT2D eigenvalue weighted by molar-refractivity contribution is 0.0701. The maximum Gasteiger partial charge on any atom is 0.346 e. The first-order valence-corrected chi connectivity index (χ1v) is 6.58. The molecule has 0 aliphatic rings. The molecule has 0 unspecified atom stereocenters. The van der Waals surface area contributed by atoms with Crippen LogP contribution in [0.1, 0.15) is 25.6 Å². The Bertz CT molecular complexity index is 651. The second-order valence-corrected chi connectivity index (χ2v) is 5.32. The second kappa shape index (κ2) is 5.42. The van der Waals surface area contributed by atoms with Crippen molar-refractivity contribution in [3.05, 3.63) is 51.4 Å². The fraction of sp³-hybridized carbons (Fsp3) is 0.0769. The number of carbonyl (C=O) groups is 2. The molecule has 0 aliphatic carbocycles. The van der Waals surface area contributed by atoms with Crippen molar-refractivity contribution in [2.24, 2.45) is 0 Å². The van der Waals surface area contributed by atoms with Crippen molar-refractivity contribution in [1.29, 1.82) is 0 Å². The minimum Gasteiger partial charge on any atom is -0.477 e. The number of carboxylic acid groups (broad SMARTS) is 1. The minimum absolute atomic E-state index is 0.217. The molecule has 2 rings (SSSR count). The third kappa shape index (κ3) is 2.94. The van der Waals surface area contributed by atoms with Crippen LogP contribution in [-0.2, 0) is 0 Å². The minimum atomic E-state index is -0.999. The number of nitrogens with one attached hydrogen (secondary N) is 1. The molecular weight excluding hydrogens is 286 g/mol. The fourth-order valence-corrected chi connectivity index (χ4v) is 2.71. The van der Waals surface area contributed by atoms with Crippen LogP contribution in [0.25, 0.3) is 0 Å². The monoisotopic (exact) mass is 295 g/mol. The van der Waals surface area contributed by atoms with Gasteiger partial charge in [-0.3, -0.25) is 4.79 Å². The summed E-state index contributed by atoms with van der Waals surface area (Å²) in [7, 11) is 0. The predicted molar refractivity (Wildman–Crippen MR) is 75.4 cm³/mol. The first-order valence-electron chi connectivity index (χ1n) is 5.38. The Kier molecular flexibility index (Phi) is 3.87. The van der Waals surface area contributed by atoms with E-state index in [0.717, 1.165) is 11.3 Å². The average molecular weight is 296 g/mol. The molecule has 0 saturated carbocycles. The number of thiophene rings is 1. The number of rotatable bonds is 3. The normalized spacial score (nSPS) is 10.2. The number of aryl methyl sites for hydroxylation is 1. The van der Waals surface area contributed by atoms with Gasteiger partial charge in [0, 0.05) is 0 Å². The summed E-state index contributed by atoms with van der Waals surface area (Å²) in [4.78, 5) is 23.1. The van der Waals surface area contributed by atoms with Gasteiger partial charge in [-0.05, 0) is 30.7 Å². The molecular formula is C13H10ClNO3S. The first kappa shape index (κ1) is 13.6. The van der Waals surface area contributed by atoms with E-state index >= 15 is 0 Å². The number of aromatic carboxylic acids is 1. The summed E-state index contributed by atoms with van der Waals surface area (Å²) >= 11 is 6.94. The molecule has 2 N–H and O–H groups in total. The molecule has 1 amide bonds. The lowest BCUT2D eigenvalue weighted by Crippen LogP contribution is -2.11. The molecule has 1 aromatic heterocycles. The van der Waals surface area contributed by atoms with Gasteiger partial charge in [0.25, 0.3) is 5.91 Å². The smallest absolute Gasteiger partial charge is 0.346 e. The van der Waals surface area contributed by atoms with Crippen molar-refractivity contribution in [1.82, 2.24) is 0 Å². The number of anilines is 1. The SMILES string of the molecule is Cc1cc(NC(=O)c2ccccc2Cl)sc1C(=O)O. The lowest BCUT2D eigenvalue weighted by atomic mass is 10.2.